The van der Waals surface area contributed by atoms with Gasteiger partial charge in [0.05, 0.1) is 9.95 Å². The molecule has 2 rings (SSSR count). The molecule has 0 aliphatic rings. The number of nitro groups is 1. The van der Waals surface area contributed by atoms with E-state index in [1.165, 1.54) is 0 Å². The summed E-state index contributed by atoms with van der Waals surface area (Å²) in [6, 6.07) is 1.18. The maximum atomic E-state index is 13.5. The van der Waals surface area contributed by atoms with Crippen LogP contribution in [0.25, 0.3) is 0 Å². The lowest BCUT2D eigenvalue weighted by Crippen LogP contribution is -2.27. The highest BCUT2D eigenvalue weighted by atomic mass is 35.5. The highest BCUT2D eigenvalue weighted by molar-refractivity contribution is 6.31. The first-order chi connectivity index (χ1) is 10.3. The van der Waals surface area contributed by atoms with Crippen LogP contribution >= 0.6 is 11.6 Å². The molecule has 1 N–H and O–H groups in total. The van der Waals surface area contributed by atoms with Gasteiger partial charge in [-0.25, -0.2) is 0 Å². The molecule has 0 aliphatic carbocycles. The molecular weight excluding hydrogens is 319 g/mol. The van der Waals surface area contributed by atoms with Crippen LogP contribution in [0.4, 0.5) is 10.1 Å². The highest BCUT2D eigenvalue weighted by Crippen LogP contribution is 2.26. The highest BCUT2D eigenvalue weighted by Gasteiger charge is 2.23. The number of carbonyl (C=O) groups excluding carboxylic acids is 1. The van der Waals surface area contributed by atoms with E-state index in [-0.39, 0.29) is 11.5 Å². The second kappa shape index (κ2) is 6.06. The van der Waals surface area contributed by atoms with Gasteiger partial charge < -0.3 is 9.84 Å². The van der Waals surface area contributed by atoms with Crippen LogP contribution in [0.15, 0.2) is 16.7 Å². The Hall–Kier alpha value is -2.55. The first-order valence-corrected chi connectivity index (χ1v) is 6.42. The van der Waals surface area contributed by atoms with E-state index < -0.39 is 33.4 Å². The van der Waals surface area contributed by atoms with Crippen molar-refractivity contribution in [2.24, 2.45) is 0 Å². The van der Waals surface area contributed by atoms with Crippen molar-refractivity contribution in [2.45, 2.75) is 19.9 Å². The molecule has 116 valence electrons. The Kier molecular flexibility index (Phi) is 4.36. The van der Waals surface area contributed by atoms with Gasteiger partial charge in [-0.05, 0) is 19.9 Å². The van der Waals surface area contributed by atoms with Crippen LogP contribution in [0.5, 0.6) is 0 Å². The molecule has 0 radical (unpaired) electrons. The van der Waals surface area contributed by atoms with Gasteiger partial charge in [-0.15, -0.1) is 0 Å². The quantitative estimate of drug-likeness (QED) is 0.682. The second-order valence-electron chi connectivity index (χ2n) is 4.42. The molecule has 1 unspecified atom stereocenters. The Morgan fingerprint density at radius 3 is 2.77 bits per heavy atom. The van der Waals surface area contributed by atoms with E-state index in [1.807, 2.05) is 0 Å². The number of aryl methyl sites for hydroxylation is 1. The summed E-state index contributed by atoms with van der Waals surface area (Å²) in [7, 11) is 0. The molecule has 10 heteroatoms. The van der Waals surface area contributed by atoms with Crippen molar-refractivity contribution in [2.75, 3.05) is 0 Å². The van der Waals surface area contributed by atoms with Crippen LogP contribution in [-0.4, -0.2) is 21.0 Å². The number of aromatic nitrogens is 2. The van der Waals surface area contributed by atoms with Crippen LogP contribution in [0.1, 0.15) is 35.0 Å². The van der Waals surface area contributed by atoms with Gasteiger partial charge >= 0.3 is 5.69 Å². The van der Waals surface area contributed by atoms with Crippen molar-refractivity contribution in [1.29, 1.82) is 0 Å². The zero-order valence-corrected chi connectivity index (χ0v) is 12.2. The fourth-order valence-electron chi connectivity index (χ4n) is 1.67. The average molecular weight is 329 g/mol. The second-order valence-corrected chi connectivity index (χ2v) is 4.83. The third-order valence-corrected chi connectivity index (χ3v) is 3.00. The molecule has 1 aromatic carbocycles. The number of nitrogens with zero attached hydrogens (tertiary/aromatic N) is 3. The van der Waals surface area contributed by atoms with Gasteiger partial charge in [0, 0.05) is 11.6 Å². The number of carbonyl (C=O) groups is 1. The monoisotopic (exact) mass is 328 g/mol. The average Bonchev–Trinajstić information content (AvgIpc) is 2.87. The van der Waals surface area contributed by atoms with Crippen LogP contribution in [0.2, 0.25) is 5.02 Å². The molecule has 0 bridgehead atoms. The Labute approximate surface area is 128 Å². The van der Waals surface area contributed by atoms with Gasteiger partial charge in [0.2, 0.25) is 11.7 Å². The summed E-state index contributed by atoms with van der Waals surface area (Å²) in [6.07, 6.45) is 0. The van der Waals surface area contributed by atoms with Gasteiger partial charge in [0.25, 0.3) is 5.91 Å². The fraction of sp³-hybridized carbons (Fsp3) is 0.250. The Morgan fingerprint density at radius 1 is 1.55 bits per heavy atom. The van der Waals surface area contributed by atoms with Crippen LogP contribution in [-0.2, 0) is 0 Å². The molecule has 1 aromatic heterocycles. The Bertz CT molecular complexity index is 749. The van der Waals surface area contributed by atoms with Crippen LogP contribution < -0.4 is 5.32 Å². The summed E-state index contributed by atoms with van der Waals surface area (Å²) in [5.41, 5.74) is -1.03. The zero-order valence-electron chi connectivity index (χ0n) is 11.5. The minimum Gasteiger partial charge on any atom is -0.341 e. The summed E-state index contributed by atoms with van der Waals surface area (Å²) in [5.74, 6) is -1.30. The summed E-state index contributed by atoms with van der Waals surface area (Å²) in [4.78, 5) is 25.8. The minimum absolute atomic E-state index is 0.152. The minimum atomic E-state index is -1.19. The van der Waals surface area contributed by atoms with Crippen LogP contribution in [0.3, 0.4) is 0 Å². The zero-order chi connectivity index (χ0) is 16.4. The molecule has 0 saturated carbocycles. The molecule has 0 aliphatic heterocycles. The van der Waals surface area contributed by atoms with Crippen molar-refractivity contribution in [3.63, 3.8) is 0 Å². The molecule has 2 aromatic rings. The summed E-state index contributed by atoms with van der Waals surface area (Å²) < 4.78 is 18.4. The molecular formula is C12H10ClFN4O4. The number of amides is 1. The molecule has 0 saturated heterocycles. The molecule has 8 nitrogen and oxygen atoms in total. The molecule has 1 heterocycles. The Balaban J connectivity index is 2.24. The van der Waals surface area contributed by atoms with Gasteiger partial charge in [-0.1, -0.05) is 16.8 Å². The smallest absolute Gasteiger partial charge is 0.307 e. The summed E-state index contributed by atoms with van der Waals surface area (Å²) >= 11 is 5.56. The third-order valence-electron chi connectivity index (χ3n) is 2.73. The van der Waals surface area contributed by atoms with Crippen LogP contribution in [0, 0.1) is 22.9 Å². The number of rotatable bonds is 4. The van der Waals surface area contributed by atoms with Crippen molar-refractivity contribution in [3.05, 3.63) is 50.4 Å². The van der Waals surface area contributed by atoms with E-state index in [2.05, 4.69) is 15.5 Å². The maximum absolute atomic E-state index is 13.5. The standard InChI is InChI=1S/C12H10ClFN4O4/c1-5(12-16-6(2)17-22-12)15-11(19)7-3-8(13)10(14)9(4-7)18(20)21/h3-5H,1-2H3,(H,15,19). The predicted octanol–water partition coefficient (Wildman–Crippen LogP) is 2.57. The normalized spacial score (nSPS) is 12.0. The fourth-order valence-corrected chi connectivity index (χ4v) is 1.88. The van der Waals surface area contributed by atoms with E-state index in [4.69, 9.17) is 16.1 Å². The van der Waals surface area contributed by atoms with E-state index in [9.17, 15) is 19.3 Å². The van der Waals surface area contributed by atoms with E-state index in [0.29, 0.717) is 5.82 Å². The maximum Gasteiger partial charge on any atom is 0.307 e. The largest absolute Gasteiger partial charge is 0.341 e. The number of nitrogens with one attached hydrogen (secondary N) is 1. The number of halogens is 2. The molecule has 22 heavy (non-hydrogen) atoms. The molecule has 0 spiro atoms. The summed E-state index contributed by atoms with van der Waals surface area (Å²) in [5, 5.41) is 16.3. The lowest BCUT2D eigenvalue weighted by Gasteiger charge is -2.10. The van der Waals surface area contributed by atoms with Crippen molar-refractivity contribution in [1.82, 2.24) is 15.5 Å². The first kappa shape index (κ1) is 15.8. The third kappa shape index (κ3) is 3.19. The molecule has 1 atom stereocenters. The lowest BCUT2D eigenvalue weighted by molar-refractivity contribution is -0.387. The number of hydrogen-bond acceptors (Lipinski definition) is 6. The van der Waals surface area contributed by atoms with Gasteiger partial charge in [-0.2, -0.15) is 9.37 Å². The van der Waals surface area contributed by atoms with Crippen molar-refractivity contribution < 1.29 is 18.6 Å². The number of benzene rings is 1. The van der Waals surface area contributed by atoms with Gasteiger partial charge in [-0.3, -0.25) is 14.9 Å². The topological polar surface area (TPSA) is 111 Å². The molecule has 0 fully saturated rings. The van der Waals surface area contributed by atoms with E-state index in [0.717, 1.165) is 12.1 Å². The summed E-state index contributed by atoms with van der Waals surface area (Å²) in [6.45, 7) is 3.20. The van der Waals surface area contributed by atoms with Crippen molar-refractivity contribution in [3.8, 4) is 0 Å². The number of nitro benzene ring substituents is 1. The van der Waals surface area contributed by atoms with Gasteiger partial charge in [0.1, 0.15) is 6.04 Å². The molecule has 1 amide bonds. The SMILES string of the molecule is Cc1noc(C(C)NC(=O)c2cc(Cl)c(F)c([N+](=O)[O-])c2)n1. The van der Waals surface area contributed by atoms with Crippen molar-refractivity contribution >= 4 is 23.2 Å². The number of hydrogen-bond donors (Lipinski definition) is 1. The first-order valence-electron chi connectivity index (χ1n) is 6.04. The lowest BCUT2D eigenvalue weighted by atomic mass is 10.1. The predicted molar refractivity (Wildman–Crippen MR) is 73.0 cm³/mol. The van der Waals surface area contributed by atoms with E-state index in [1.54, 1.807) is 13.8 Å². The Morgan fingerprint density at radius 2 is 2.23 bits per heavy atom. The van der Waals surface area contributed by atoms with E-state index >= 15 is 0 Å². The van der Waals surface area contributed by atoms with Gasteiger partial charge in [0.15, 0.2) is 5.82 Å².